The second kappa shape index (κ2) is 3.27. The zero-order valence-electron chi connectivity index (χ0n) is 5.81. The Kier molecular flexibility index (Phi) is 2.91. The number of hydrazine groups is 1. The fraction of sp³-hybridized carbons (Fsp3) is 0.400. The number of hydrazone groups is 1. The summed E-state index contributed by atoms with van der Waals surface area (Å²) in [6.07, 6.45) is -4.30. The van der Waals surface area contributed by atoms with E-state index in [-0.39, 0.29) is 0 Å². The Labute approximate surface area is 61.4 Å². The molecule has 0 amide bonds. The van der Waals surface area contributed by atoms with E-state index in [0.717, 1.165) is 4.68 Å². The van der Waals surface area contributed by atoms with E-state index in [0.29, 0.717) is 6.20 Å². The number of nitrogens with one attached hydrogen (secondary N) is 1. The summed E-state index contributed by atoms with van der Waals surface area (Å²) >= 11 is 0. The van der Waals surface area contributed by atoms with E-state index in [4.69, 9.17) is 5.11 Å². The smallest absolute Gasteiger partial charge is 0.450 e. The van der Waals surface area contributed by atoms with Crippen LogP contribution in [0.3, 0.4) is 0 Å². The van der Waals surface area contributed by atoms with Gasteiger partial charge in [0.15, 0.2) is 13.8 Å². The molecule has 0 aliphatic rings. The van der Waals surface area contributed by atoms with E-state index in [9.17, 15) is 13.2 Å². The molecule has 0 aliphatic carbocycles. The number of hydrogen-bond acceptors (Lipinski definition) is 2. The first kappa shape index (κ1) is 9.80. The van der Waals surface area contributed by atoms with Crippen LogP contribution >= 0.6 is 0 Å². The van der Waals surface area contributed by atoms with Crippen molar-refractivity contribution < 1.29 is 23.0 Å². The number of aliphatic hydroxyl groups is 1. The Balaban J connectivity index is 4.12. The predicted octanol–water partition coefficient (Wildman–Crippen LogP) is 0.796. The van der Waals surface area contributed by atoms with Crippen molar-refractivity contribution in [2.75, 3.05) is 7.05 Å². The molecule has 0 radical (unpaired) electrons. The van der Waals surface area contributed by atoms with Crippen LogP contribution in [0.1, 0.15) is 0 Å². The van der Waals surface area contributed by atoms with Crippen molar-refractivity contribution in [1.29, 1.82) is 0 Å². The van der Waals surface area contributed by atoms with Gasteiger partial charge in [0, 0.05) is 0 Å². The highest BCUT2D eigenvalue weighted by molar-refractivity contribution is 5.14. The minimum Gasteiger partial charge on any atom is -0.503 e. The van der Waals surface area contributed by atoms with Gasteiger partial charge in [0.25, 0.3) is 0 Å². The van der Waals surface area contributed by atoms with Crippen molar-refractivity contribution >= 4 is 6.72 Å². The van der Waals surface area contributed by atoms with Gasteiger partial charge in [-0.1, -0.05) is 0 Å². The van der Waals surface area contributed by atoms with Gasteiger partial charge in [0.05, 0.1) is 0 Å². The molecule has 64 valence electrons. The molecular weight excluding hydrogens is 161 g/mol. The number of aliphatic hydroxyl groups excluding tert-OH is 1. The largest absolute Gasteiger partial charge is 0.503 e. The summed E-state index contributed by atoms with van der Waals surface area (Å²) < 4.78 is 35.5. The lowest BCUT2D eigenvalue weighted by Gasteiger charge is -2.02. The van der Waals surface area contributed by atoms with E-state index in [1.165, 1.54) is 7.05 Å². The quantitative estimate of drug-likeness (QED) is 0.277. The summed E-state index contributed by atoms with van der Waals surface area (Å²) in [6.45, 7) is 3.19. The highest BCUT2D eigenvalue weighted by Gasteiger charge is 2.34. The molecule has 0 aromatic carbocycles. The van der Waals surface area contributed by atoms with Gasteiger partial charge in [0.2, 0.25) is 5.76 Å². The van der Waals surface area contributed by atoms with Crippen molar-refractivity contribution in [2.45, 2.75) is 6.18 Å². The lowest BCUT2D eigenvalue weighted by atomic mass is 10.5. The van der Waals surface area contributed by atoms with Crippen LogP contribution < -0.4 is 5.43 Å². The molecule has 11 heavy (non-hydrogen) atoms. The van der Waals surface area contributed by atoms with Crippen molar-refractivity contribution in [1.82, 2.24) is 5.43 Å². The first-order chi connectivity index (χ1) is 4.84. The molecule has 0 rings (SSSR count). The molecular formula is C5H8F3N2O+. The topological polar surface area (TPSA) is 35.3 Å². The van der Waals surface area contributed by atoms with Crippen molar-refractivity contribution in [3.05, 3.63) is 12.0 Å². The van der Waals surface area contributed by atoms with Gasteiger partial charge in [-0.2, -0.15) is 18.6 Å². The Hall–Kier alpha value is -1.20. The Morgan fingerprint density at radius 1 is 1.64 bits per heavy atom. The molecule has 0 atom stereocenters. The third-order valence-electron chi connectivity index (χ3n) is 0.712. The van der Waals surface area contributed by atoms with E-state index in [2.05, 4.69) is 6.72 Å². The lowest BCUT2D eigenvalue weighted by molar-refractivity contribution is -0.540. The number of halogens is 3. The van der Waals surface area contributed by atoms with E-state index < -0.39 is 11.9 Å². The lowest BCUT2D eigenvalue weighted by Crippen LogP contribution is -2.21. The maximum Gasteiger partial charge on any atom is 0.450 e. The Morgan fingerprint density at radius 2 is 2.09 bits per heavy atom. The number of hydrogen-bond donors (Lipinski definition) is 2. The van der Waals surface area contributed by atoms with Gasteiger partial charge < -0.3 is 5.11 Å². The molecule has 0 unspecified atom stereocenters. The molecule has 0 spiro atoms. The average Bonchev–Trinajstić information content (AvgIpc) is 1.80. The molecule has 3 nitrogen and oxygen atoms in total. The summed E-state index contributed by atoms with van der Waals surface area (Å²) in [4.78, 5) is 0. The zero-order valence-corrected chi connectivity index (χ0v) is 5.81. The van der Waals surface area contributed by atoms with Crippen LogP contribution in [-0.4, -0.2) is 29.7 Å². The first-order valence-corrected chi connectivity index (χ1v) is 2.60. The fourth-order valence-corrected chi connectivity index (χ4v) is 0.253. The Morgan fingerprint density at radius 3 is 2.36 bits per heavy atom. The van der Waals surface area contributed by atoms with Crippen molar-refractivity contribution in [3.8, 4) is 0 Å². The van der Waals surface area contributed by atoms with Crippen LogP contribution in [-0.2, 0) is 0 Å². The highest BCUT2D eigenvalue weighted by Crippen LogP contribution is 2.21. The fourth-order valence-electron chi connectivity index (χ4n) is 0.253. The van der Waals surface area contributed by atoms with Gasteiger partial charge in [-0.3, -0.25) is 0 Å². The van der Waals surface area contributed by atoms with Crippen molar-refractivity contribution in [3.63, 3.8) is 0 Å². The van der Waals surface area contributed by atoms with Gasteiger partial charge in [-0.05, 0) is 0 Å². The summed E-state index contributed by atoms with van der Waals surface area (Å²) in [6, 6.07) is 0. The SMILES string of the molecule is C=[N+](C)N/C=C(/O)C(F)(F)F. The van der Waals surface area contributed by atoms with E-state index in [1.807, 2.05) is 5.43 Å². The molecule has 0 saturated heterocycles. The van der Waals surface area contributed by atoms with E-state index in [1.54, 1.807) is 0 Å². The zero-order chi connectivity index (χ0) is 9.07. The summed E-state index contributed by atoms with van der Waals surface area (Å²) in [5.74, 6) is -1.69. The van der Waals surface area contributed by atoms with Gasteiger partial charge in [0.1, 0.15) is 6.20 Å². The molecule has 0 aliphatic heterocycles. The second-order valence-corrected chi connectivity index (χ2v) is 1.85. The standard InChI is InChI=1S/C5H7F3N2O/c1-10(2)9-3-4(11)5(6,7)8/h3,9H,1H2,2H3/p+1/b4-3+. The molecule has 0 bridgehead atoms. The molecule has 2 N–H and O–H groups in total. The Bertz CT molecular complexity index is 185. The third-order valence-corrected chi connectivity index (χ3v) is 0.712. The average molecular weight is 169 g/mol. The van der Waals surface area contributed by atoms with Gasteiger partial charge in [-0.15, -0.1) is 4.68 Å². The molecule has 0 saturated carbocycles. The normalized spacial score (nSPS) is 12.9. The molecule has 0 aromatic heterocycles. The molecule has 0 fully saturated rings. The predicted molar refractivity (Wildman–Crippen MR) is 33.2 cm³/mol. The van der Waals surface area contributed by atoms with Crippen LogP contribution in [0, 0.1) is 0 Å². The summed E-state index contributed by atoms with van der Waals surface area (Å²) in [5.41, 5.74) is 2.04. The van der Waals surface area contributed by atoms with Crippen LogP contribution in [0.15, 0.2) is 12.0 Å². The van der Waals surface area contributed by atoms with Crippen LogP contribution in [0.2, 0.25) is 0 Å². The molecule has 0 aromatic rings. The highest BCUT2D eigenvalue weighted by atomic mass is 19.4. The number of allylic oxidation sites excluding steroid dienone is 1. The maximum atomic E-state index is 11.5. The maximum absolute atomic E-state index is 11.5. The van der Waals surface area contributed by atoms with Gasteiger partial charge >= 0.3 is 6.18 Å². The molecule has 6 heteroatoms. The molecule has 0 heterocycles. The second-order valence-electron chi connectivity index (χ2n) is 1.85. The minimum absolute atomic E-state index is 0.410. The number of rotatable bonds is 2. The first-order valence-electron chi connectivity index (χ1n) is 2.60. The van der Waals surface area contributed by atoms with Crippen LogP contribution in [0.25, 0.3) is 0 Å². The third kappa shape index (κ3) is 4.24. The van der Waals surface area contributed by atoms with Crippen LogP contribution in [0.5, 0.6) is 0 Å². The monoisotopic (exact) mass is 169 g/mol. The number of alkyl halides is 3. The van der Waals surface area contributed by atoms with Gasteiger partial charge in [-0.25, -0.2) is 0 Å². The van der Waals surface area contributed by atoms with Crippen molar-refractivity contribution in [2.24, 2.45) is 0 Å². The van der Waals surface area contributed by atoms with Crippen LogP contribution in [0.4, 0.5) is 13.2 Å². The van der Waals surface area contributed by atoms with E-state index >= 15 is 0 Å². The number of nitrogens with zero attached hydrogens (tertiary/aromatic N) is 1. The summed E-state index contributed by atoms with van der Waals surface area (Å²) in [5, 5.41) is 8.25. The summed E-state index contributed by atoms with van der Waals surface area (Å²) in [7, 11) is 1.39. The minimum atomic E-state index is -4.71.